The molecule has 0 saturated carbocycles. The highest BCUT2D eigenvalue weighted by Crippen LogP contribution is 2.29. The molecule has 0 aliphatic carbocycles. The monoisotopic (exact) mass is 430 g/mol. The number of hydrogen-bond donors (Lipinski definition) is 1. The quantitative estimate of drug-likeness (QED) is 0.534. The molecule has 1 aromatic carbocycles. The highest BCUT2D eigenvalue weighted by Gasteiger charge is 2.25. The maximum Gasteiger partial charge on any atom is 0.195 e. The van der Waals surface area contributed by atoms with E-state index >= 15 is 0 Å². The number of fused-ring (bicyclic) bond motifs is 2. The van der Waals surface area contributed by atoms with Crippen LogP contribution < -0.4 is 5.32 Å². The van der Waals surface area contributed by atoms with Crippen LogP contribution in [0.25, 0.3) is 21.9 Å². The van der Waals surface area contributed by atoms with Crippen LogP contribution in [0.15, 0.2) is 41.7 Å². The van der Waals surface area contributed by atoms with Gasteiger partial charge in [0, 0.05) is 35.4 Å². The van der Waals surface area contributed by atoms with Gasteiger partial charge in [-0.05, 0) is 37.2 Å². The smallest absolute Gasteiger partial charge is 0.195 e. The van der Waals surface area contributed by atoms with E-state index < -0.39 is 9.84 Å². The summed E-state index contributed by atoms with van der Waals surface area (Å²) in [6.07, 6.45) is 5.38. The number of pyridine rings is 1. The molecule has 1 unspecified atom stereocenters. The Labute approximate surface area is 172 Å². The van der Waals surface area contributed by atoms with Gasteiger partial charge in [-0.25, -0.2) is 13.4 Å². The third kappa shape index (κ3) is 3.19. The molecule has 1 aliphatic rings. The lowest BCUT2D eigenvalue weighted by molar-refractivity contribution is 0.516. The minimum atomic E-state index is -3.47. The lowest BCUT2D eigenvalue weighted by atomic mass is 10.2. The van der Waals surface area contributed by atoms with E-state index in [-0.39, 0.29) is 11.1 Å². The van der Waals surface area contributed by atoms with Crippen molar-refractivity contribution in [3.05, 3.63) is 47.5 Å². The summed E-state index contributed by atoms with van der Waals surface area (Å²) < 4.78 is 28.3. The summed E-state index contributed by atoms with van der Waals surface area (Å²) in [5, 5.41) is 9.05. The molecule has 4 aromatic rings. The van der Waals surface area contributed by atoms with Crippen LogP contribution in [0, 0.1) is 0 Å². The number of imidazole rings is 1. The SMILES string of the molecule is CS(=O)(=O)c1nn(Cc2nc3cc(Cl)ccc3n2C2CCNC2)c2cnccc12. The molecule has 0 radical (unpaired) electrons. The van der Waals surface area contributed by atoms with Gasteiger partial charge < -0.3 is 9.88 Å². The van der Waals surface area contributed by atoms with Gasteiger partial charge >= 0.3 is 0 Å². The highest BCUT2D eigenvalue weighted by molar-refractivity contribution is 7.90. The predicted molar refractivity (Wildman–Crippen MR) is 111 cm³/mol. The molecule has 1 aliphatic heterocycles. The van der Waals surface area contributed by atoms with Crippen molar-refractivity contribution in [3.63, 3.8) is 0 Å². The summed E-state index contributed by atoms with van der Waals surface area (Å²) in [6, 6.07) is 7.65. The summed E-state index contributed by atoms with van der Waals surface area (Å²) in [7, 11) is -3.47. The van der Waals surface area contributed by atoms with Crippen LogP contribution in [-0.4, -0.2) is 52.1 Å². The maximum atomic E-state index is 12.2. The Balaban J connectivity index is 1.69. The Morgan fingerprint density at radius 3 is 2.90 bits per heavy atom. The number of hydrogen-bond acceptors (Lipinski definition) is 6. The third-order valence-corrected chi connectivity index (χ3v) is 6.53. The van der Waals surface area contributed by atoms with Crippen molar-refractivity contribution in [2.75, 3.05) is 19.3 Å². The number of benzene rings is 1. The van der Waals surface area contributed by atoms with Crippen LogP contribution in [0.4, 0.5) is 0 Å². The van der Waals surface area contributed by atoms with Crippen molar-refractivity contribution in [3.8, 4) is 0 Å². The van der Waals surface area contributed by atoms with E-state index in [0.717, 1.165) is 36.4 Å². The second kappa shape index (κ2) is 6.79. The summed E-state index contributed by atoms with van der Waals surface area (Å²) in [4.78, 5) is 8.97. The number of halogens is 1. The van der Waals surface area contributed by atoms with E-state index in [1.807, 2.05) is 18.2 Å². The molecule has 0 bridgehead atoms. The Morgan fingerprint density at radius 1 is 1.28 bits per heavy atom. The number of aromatic nitrogens is 5. The zero-order valence-corrected chi connectivity index (χ0v) is 17.3. The zero-order valence-electron chi connectivity index (χ0n) is 15.7. The molecule has 5 rings (SSSR count). The van der Waals surface area contributed by atoms with Crippen molar-refractivity contribution in [1.29, 1.82) is 0 Å². The normalized spacial score (nSPS) is 17.5. The fourth-order valence-corrected chi connectivity index (χ4v) is 5.00. The average molecular weight is 431 g/mol. The summed E-state index contributed by atoms with van der Waals surface area (Å²) in [5.41, 5.74) is 2.49. The zero-order chi connectivity index (χ0) is 20.2. The largest absolute Gasteiger partial charge is 0.322 e. The molecule has 0 amide bonds. The molecule has 10 heteroatoms. The minimum absolute atomic E-state index is 0.0585. The molecule has 8 nitrogen and oxygen atoms in total. The number of nitrogens with zero attached hydrogens (tertiary/aromatic N) is 5. The fraction of sp³-hybridized carbons (Fsp3) is 0.316. The van der Waals surface area contributed by atoms with Crippen molar-refractivity contribution >= 4 is 43.4 Å². The number of sulfone groups is 1. The second-order valence-electron chi connectivity index (χ2n) is 7.31. The fourth-order valence-electron chi connectivity index (χ4n) is 4.02. The lowest BCUT2D eigenvalue weighted by Gasteiger charge is -2.16. The van der Waals surface area contributed by atoms with Gasteiger partial charge in [0.05, 0.1) is 29.3 Å². The molecule has 0 spiro atoms. The molecule has 29 heavy (non-hydrogen) atoms. The Hall–Kier alpha value is -2.49. The van der Waals surface area contributed by atoms with Gasteiger partial charge in [0.25, 0.3) is 0 Å². The van der Waals surface area contributed by atoms with E-state index in [0.29, 0.717) is 22.5 Å². The van der Waals surface area contributed by atoms with Gasteiger partial charge in [0.15, 0.2) is 14.9 Å². The first kappa shape index (κ1) is 18.5. The molecule has 1 saturated heterocycles. The number of rotatable bonds is 4. The van der Waals surface area contributed by atoms with Gasteiger partial charge in [0.2, 0.25) is 0 Å². The van der Waals surface area contributed by atoms with Crippen molar-refractivity contribution < 1.29 is 8.42 Å². The predicted octanol–water partition coefficient (Wildman–Crippen LogP) is 2.42. The molecule has 1 atom stereocenters. The summed E-state index contributed by atoms with van der Waals surface area (Å²) in [6.45, 7) is 2.14. The van der Waals surface area contributed by atoms with Gasteiger partial charge in [-0.2, -0.15) is 5.10 Å². The van der Waals surface area contributed by atoms with Gasteiger partial charge in [-0.15, -0.1) is 0 Å². The first-order valence-electron chi connectivity index (χ1n) is 9.29. The van der Waals surface area contributed by atoms with Crippen LogP contribution in [0.2, 0.25) is 5.02 Å². The molecule has 150 valence electrons. The Kier molecular flexibility index (Phi) is 4.34. The van der Waals surface area contributed by atoms with Gasteiger partial charge in [-0.3, -0.25) is 9.67 Å². The topological polar surface area (TPSA) is 94.7 Å². The summed E-state index contributed by atoms with van der Waals surface area (Å²) in [5.74, 6) is 0.810. The summed E-state index contributed by atoms with van der Waals surface area (Å²) >= 11 is 6.18. The minimum Gasteiger partial charge on any atom is -0.322 e. The molecule has 1 fully saturated rings. The van der Waals surface area contributed by atoms with Crippen molar-refractivity contribution in [2.45, 2.75) is 24.0 Å². The van der Waals surface area contributed by atoms with E-state index in [4.69, 9.17) is 16.6 Å². The van der Waals surface area contributed by atoms with E-state index in [1.54, 1.807) is 23.1 Å². The highest BCUT2D eigenvalue weighted by atomic mass is 35.5. The first-order chi connectivity index (χ1) is 13.9. The second-order valence-corrected chi connectivity index (χ2v) is 9.67. The Bertz CT molecular complexity index is 1340. The molecular weight excluding hydrogens is 412 g/mol. The van der Waals surface area contributed by atoms with Gasteiger partial charge in [-0.1, -0.05) is 11.6 Å². The Morgan fingerprint density at radius 2 is 2.14 bits per heavy atom. The third-order valence-electron chi connectivity index (χ3n) is 5.29. The van der Waals surface area contributed by atoms with E-state index in [9.17, 15) is 8.42 Å². The van der Waals surface area contributed by atoms with Gasteiger partial charge in [0.1, 0.15) is 5.82 Å². The standard InChI is InChI=1S/C19H19ClN6O2S/c1-29(27,28)19-14-5-7-22-10-17(14)25(24-19)11-18-23-15-8-12(20)2-3-16(15)26(18)13-4-6-21-9-13/h2-3,5,7-8,10,13,21H,4,6,9,11H2,1H3. The lowest BCUT2D eigenvalue weighted by Crippen LogP contribution is -2.17. The van der Waals surface area contributed by atoms with Crippen molar-refractivity contribution in [2.24, 2.45) is 0 Å². The van der Waals surface area contributed by atoms with Crippen LogP contribution in [0.5, 0.6) is 0 Å². The average Bonchev–Trinajstić information content (AvgIpc) is 3.38. The van der Waals surface area contributed by atoms with Crippen LogP contribution >= 0.6 is 11.6 Å². The van der Waals surface area contributed by atoms with Crippen LogP contribution in [0.1, 0.15) is 18.3 Å². The van der Waals surface area contributed by atoms with Crippen molar-refractivity contribution in [1.82, 2.24) is 29.6 Å². The van der Waals surface area contributed by atoms with E-state index in [1.165, 1.54) is 6.26 Å². The first-order valence-corrected chi connectivity index (χ1v) is 11.6. The van der Waals surface area contributed by atoms with Crippen LogP contribution in [0.3, 0.4) is 0 Å². The molecule has 1 N–H and O–H groups in total. The number of nitrogens with one attached hydrogen (secondary N) is 1. The molecule has 4 heterocycles. The van der Waals surface area contributed by atoms with Crippen LogP contribution in [-0.2, 0) is 16.4 Å². The van der Waals surface area contributed by atoms with E-state index in [2.05, 4.69) is 20.0 Å². The molecular formula is C19H19ClN6O2S. The maximum absolute atomic E-state index is 12.2. The molecule has 3 aromatic heterocycles.